The molecule has 0 amide bonds. The molecule has 0 aromatic rings. The fourth-order valence-corrected chi connectivity index (χ4v) is 1.29. The van der Waals surface area contributed by atoms with Crippen molar-refractivity contribution in [3.05, 3.63) is 0 Å². The number of nitrogens with one attached hydrogen (secondary N) is 1. The number of piperazine rings is 1. The van der Waals surface area contributed by atoms with E-state index in [1.54, 1.807) is 0 Å². The summed E-state index contributed by atoms with van der Waals surface area (Å²) in [5.41, 5.74) is 2.91. The van der Waals surface area contributed by atoms with Crippen LogP contribution in [0.15, 0.2) is 0 Å². The molecule has 0 aromatic carbocycles. The summed E-state index contributed by atoms with van der Waals surface area (Å²) < 4.78 is 0.328. The van der Waals surface area contributed by atoms with Crippen LogP contribution in [0.25, 0.3) is 0 Å². The van der Waals surface area contributed by atoms with E-state index >= 15 is 0 Å². The molecule has 0 radical (unpaired) electrons. The zero-order valence-corrected chi connectivity index (χ0v) is 8.08. The number of nitrogens with zero attached hydrogens (tertiary/aromatic N) is 2. The van der Waals surface area contributed by atoms with Crippen LogP contribution in [-0.2, 0) is 0 Å². The maximum absolute atomic E-state index is 5.51. The summed E-state index contributed by atoms with van der Waals surface area (Å²) in [6, 6.07) is 0. The van der Waals surface area contributed by atoms with Gasteiger partial charge in [0.1, 0.15) is 0 Å². The van der Waals surface area contributed by atoms with Crippen molar-refractivity contribution in [3.63, 3.8) is 0 Å². The molecule has 0 spiro atoms. The highest BCUT2D eigenvalue weighted by Gasteiger charge is 2.12. The van der Waals surface area contributed by atoms with E-state index in [-0.39, 0.29) is 0 Å². The molecular weight excluding hydrogens is 182 g/mol. The van der Waals surface area contributed by atoms with E-state index < -0.39 is 0 Å². The molecule has 1 saturated heterocycles. The number of hydrogen-bond acceptors (Lipinski definition) is 3. The van der Waals surface area contributed by atoms with Gasteiger partial charge in [-0.3, -0.25) is 5.43 Å². The summed E-state index contributed by atoms with van der Waals surface area (Å²) in [6.45, 7) is 4.08. The van der Waals surface area contributed by atoms with Crippen LogP contribution in [-0.4, -0.2) is 47.6 Å². The van der Waals surface area contributed by atoms with Crippen molar-refractivity contribution in [1.29, 1.82) is 0 Å². The lowest BCUT2D eigenvalue weighted by Crippen LogP contribution is -2.51. The molecule has 11 heavy (non-hydrogen) atoms. The van der Waals surface area contributed by atoms with Crippen LogP contribution in [0, 0.1) is 0 Å². The number of rotatable bonds is 1. The van der Waals surface area contributed by atoms with Crippen molar-refractivity contribution in [2.75, 3.05) is 33.2 Å². The number of thiocarbonyl (C=S) groups is 1. The quantitative estimate of drug-likeness (QED) is 0.366. The summed E-state index contributed by atoms with van der Waals surface area (Å²) in [7, 11) is 2.11. The maximum Gasteiger partial charge on any atom is 0.181 e. The van der Waals surface area contributed by atoms with Crippen molar-refractivity contribution >= 4 is 28.3 Å². The Bertz CT molecular complexity index is 145. The lowest BCUT2D eigenvalue weighted by Gasteiger charge is -2.32. The lowest BCUT2D eigenvalue weighted by atomic mass is 10.4. The van der Waals surface area contributed by atoms with Crippen molar-refractivity contribution in [3.8, 4) is 0 Å². The first-order valence-electron chi connectivity index (χ1n) is 3.58. The van der Waals surface area contributed by atoms with Gasteiger partial charge in [-0.05, 0) is 19.3 Å². The van der Waals surface area contributed by atoms with E-state index in [1.807, 2.05) is 5.01 Å². The Labute approximate surface area is 77.3 Å². The largest absolute Gasteiger partial charge is 0.304 e. The zero-order valence-electron chi connectivity index (χ0n) is 6.51. The second-order valence-corrected chi connectivity index (χ2v) is 3.69. The van der Waals surface area contributed by atoms with Crippen LogP contribution in [0.1, 0.15) is 0 Å². The first kappa shape index (κ1) is 9.19. The number of halogens is 1. The van der Waals surface area contributed by atoms with E-state index in [2.05, 4.69) is 17.4 Å². The van der Waals surface area contributed by atoms with Gasteiger partial charge in [-0.25, -0.2) is 5.01 Å². The molecule has 0 atom stereocenters. The van der Waals surface area contributed by atoms with Gasteiger partial charge in [-0.15, -0.1) is 0 Å². The highest BCUT2D eigenvalue weighted by Crippen LogP contribution is 1.95. The Morgan fingerprint density at radius 1 is 1.36 bits per heavy atom. The average Bonchev–Trinajstić information content (AvgIpc) is 1.93. The van der Waals surface area contributed by atoms with Crippen LogP contribution in [0.4, 0.5) is 0 Å². The Kier molecular flexibility index (Phi) is 3.51. The van der Waals surface area contributed by atoms with Crippen molar-refractivity contribution in [2.45, 2.75) is 0 Å². The fraction of sp³-hybridized carbons (Fsp3) is 0.833. The van der Waals surface area contributed by atoms with Crippen LogP contribution in [0.2, 0.25) is 0 Å². The highest BCUT2D eigenvalue weighted by atomic mass is 35.5. The van der Waals surface area contributed by atoms with Crippen LogP contribution < -0.4 is 5.43 Å². The molecule has 64 valence electrons. The minimum absolute atomic E-state index is 0.328. The molecule has 1 heterocycles. The summed E-state index contributed by atoms with van der Waals surface area (Å²) in [4.78, 5) is 2.27. The summed E-state index contributed by atoms with van der Waals surface area (Å²) in [6.07, 6.45) is 0. The molecule has 0 saturated carbocycles. The topological polar surface area (TPSA) is 18.5 Å². The van der Waals surface area contributed by atoms with E-state index in [9.17, 15) is 0 Å². The standard InChI is InChI=1S/C6H12ClN3S/c1-9-2-4-10(5-3-9)8-6(7)11/h2-5H2,1H3,(H,8,11). The molecule has 1 N–H and O–H groups in total. The molecular formula is C6H12ClN3S. The molecule has 1 aliphatic heterocycles. The van der Waals surface area contributed by atoms with E-state index in [1.165, 1.54) is 0 Å². The van der Waals surface area contributed by atoms with Crippen LogP contribution in [0.3, 0.4) is 0 Å². The van der Waals surface area contributed by atoms with Crippen LogP contribution >= 0.6 is 23.8 Å². The first-order chi connectivity index (χ1) is 5.18. The molecule has 1 fully saturated rings. The van der Waals surface area contributed by atoms with Gasteiger partial charge in [0, 0.05) is 26.2 Å². The summed E-state index contributed by atoms with van der Waals surface area (Å²) in [5, 5.41) is 2.04. The van der Waals surface area contributed by atoms with Gasteiger partial charge in [0.2, 0.25) is 0 Å². The Hall–Kier alpha value is 0.1000. The van der Waals surface area contributed by atoms with E-state index in [4.69, 9.17) is 23.8 Å². The predicted molar refractivity (Wildman–Crippen MR) is 50.7 cm³/mol. The fourth-order valence-electron chi connectivity index (χ4n) is 1.04. The average molecular weight is 194 g/mol. The molecule has 0 bridgehead atoms. The summed E-state index contributed by atoms with van der Waals surface area (Å²) in [5.74, 6) is 0. The normalized spacial score (nSPS) is 21.6. The molecule has 0 unspecified atom stereocenters. The lowest BCUT2D eigenvalue weighted by molar-refractivity contribution is 0.132. The Morgan fingerprint density at radius 3 is 2.36 bits per heavy atom. The van der Waals surface area contributed by atoms with Crippen molar-refractivity contribution < 1.29 is 0 Å². The maximum atomic E-state index is 5.51. The predicted octanol–water partition coefficient (Wildman–Crippen LogP) is 0.262. The molecule has 0 aliphatic carbocycles. The molecule has 1 rings (SSSR count). The third-order valence-corrected chi connectivity index (χ3v) is 1.93. The van der Waals surface area contributed by atoms with E-state index in [0.717, 1.165) is 26.2 Å². The van der Waals surface area contributed by atoms with Gasteiger partial charge >= 0.3 is 0 Å². The molecule has 5 heteroatoms. The van der Waals surface area contributed by atoms with Crippen molar-refractivity contribution in [2.24, 2.45) is 0 Å². The van der Waals surface area contributed by atoms with Gasteiger partial charge < -0.3 is 4.90 Å². The second kappa shape index (κ2) is 4.21. The van der Waals surface area contributed by atoms with Gasteiger partial charge in [0.05, 0.1) is 0 Å². The minimum Gasteiger partial charge on any atom is -0.304 e. The second-order valence-electron chi connectivity index (χ2n) is 2.68. The zero-order chi connectivity index (χ0) is 8.27. The Morgan fingerprint density at radius 2 is 1.91 bits per heavy atom. The highest BCUT2D eigenvalue weighted by molar-refractivity contribution is 7.83. The van der Waals surface area contributed by atoms with Crippen LogP contribution in [0.5, 0.6) is 0 Å². The number of hydrogen-bond donors (Lipinski definition) is 1. The molecule has 1 aliphatic rings. The number of hydrazine groups is 1. The first-order valence-corrected chi connectivity index (χ1v) is 4.37. The van der Waals surface area contributed by atoms with Gasteiger partial charge in [0.15, 0.2) is 4.45 Å². The summed E-state index contributed by atoms with van der Waals surface area (Å²) >= 11 is 10.2. The molecule has 3 nitrogen and oxygen atoms in total. The van der Waals surface area contributed by atoms with Gasteiger partial charge in [0.25, 0.3) is 0 Å². The monoisotopic (exact) mass is 193 g/mol. The third-order valence-electron chi connectivity index (χ3n) is 1.75. The van der Waals surface area contributed by atoms with E-state index in [0.29, 0.717) is 4.45 Å². The SMILES string of the molecule is CN1CCN(NC(=S)Cl)CC1. The third kappa shape index (κ3) is 3.33. The smallest absolute Gasteiger partial charge is 0.181 e. The number of likely N-dealkylation sites (N-methyl/N-ethyl adjacent to an activating group) is 1. The van der Waals surface area contributed by atoms with Gasteiger partial charge in [-0.1, -0.05) is 11.6 Å². The molecule has 0 aromatic heterocycles. The Balaban J connectivity index is 2.22. The minimum atomic E-state index is 0.328. The van der Waals surface area contributed by atoms with Gasteiger partial charge in [-0.2, -0.15) is 0 Å². The van der Waals surface area contributed by atoms with Crippen molar-refractivity contribution in [1.82, 2.24) is 15.3 Å².